The lowest BCUT2D eigenvalue weighted by Crippen LogP contribution is -2.39. The summed E-state index contributed by atoms with van der Waals surface area (Å²) in [5.41, 5.74) is 0.931. The first kappa shape index (κ1) is 20.5. The van der Waals surface area contributed by atoms with Crippen LogP contribution in [0.25, 0.3) is 0 Å². The van der Waals surface area contributed by atoms with E-state index in [1.807, 2.05) is 12.2 Å². The highest BCUT2D eigenvalue weighted by molar-refractivity contribution is 6.37. The third-order valence-electron chi connectivity index (χ3n) is 5.44. The van der Waals surface area contributed by atoms with Gasteiger partial charge in [-0.05, 0) is 54.7 Å². The number of halogens is 4. The number of amides is 2. The highest BCUT2D eigenvalue weighted by Crippen LogP contribution is 2.49. The van der Waals surface area contributed by atoms with E-state index in [9.17, 15) is 9.59 Å². The number of carbonyl (C=O) groups excluding carboxylic acids is 2. The topological polar surface area (TPSA) is 58.2 Å². The molecular formula is C21H16Cl4N2O2. The van der Waals surface area contributed by atoms with Crippen LogP contribution in [0.5, 0.6) is 0 Å². The minimum Gasteiger partial charge on any atom is -0.324 e. The number of hydrogen-bond acceptors (Lipinski definition) is 2. The number of nitrogens with one attached hydrogen (secondary N) is 2. The molecule has 2 aliphatic carbocycles. The van der Waals surface area contributed by atoms with Crippen molar-refractivity contribution in [1.82, 2.24) is 0 Å². The molecule has 0 radical (unpaired) electrons. The molecule has 1 fully saturated rings. The molecule has 8 heteroatoms. The largest absolute Gasteiger partial charge is 0.324 e. The minimum absolute atomic E-state index is 0.00233. The first-order chi connectivity index (χ1) is 13.8. The van der Waals surface area contributed by atoms with Crippen molar-refractivity contribution in [2.45, 2.75) is 6.42 Å². The molecule has 150 valence electrons. The van der Waals surface area contributed by atoms with Crippen LogP contribution in [0, 0.1) is 23.7 Å². The van der Waals surface area contributed by atoms with Crippen molar-refractivity contribution in [3.63, 3.8) is 0 Å². The van der Waals surface area contributed by atoms with E-state index in [1.165, 1.54) is 0 Å². The summed E-state index contributed by atoms with van der Waals surface area (Å²) < 4.78 is 0. The van der Waals surface area contributed by atoms with E-state index in [-0.39, 0.29) is 23.7 Å². The van der Waals surface area contributed by atoms with Gasteiger partial charge >= 0.3 is 0 Å². The highest BCUT2D eigenvalue weighted by Gasteiger charge is 2.51. The average molecular weight is 470 g/mol. The van der Waals surface area contributed by atoms with Crippen LogP contribution in [0.1, 0.15) is 6.42 Å². The molecule has 0 unspecified atom stereocenters. The number of fused-ring (bicyclic) bond motifs is 2. The lowest BCUT2D eigenvalue weighted by molar-refractivity contribution is -0.129. The Hall–Kier alpha value is -1.72. The third kappa shape index (κ3) is 4.13. The molecule has 1 saturated carbocycles. The summed E-state index contributed by atoms with van der Waals surface area (Å²) >= 11 is 24.2. The van der Waals surface area contributed by atoms with Crippen LogP contribution in [-0.2, 0) is 9.59 Å². The van der Waals surface area contributed by atoms with Gasteiger partial charge in [-0.2, -0.15) is 0 Å². The Bertz CT molecular complexity index is 944. The van der Waals surface area contributed by atoms with Crippen molar-refractivity contribution in [1.29, 1.82) is 0 Å². The third-order valence-corrected chi connectivity index (χ3v) is 6.54. The Labute approximate surface area is 188 Å². The maximum absolute atomic E-state index is 13.1. The Balaban J connectivity index is 1.55. The lowest BCUT2D eigenvalue weighted by Gasteiger charge is -2.26. The van der Waals surface area contributed by atoms with Crippen molar-refractivity contribution in [3.8, 4) is 0 Å². The summed E-state index contributed by atoms with van der Waals surface area (Å²) in [6, 6.07) is 9.72. The fourth-order valence-corrected chi connectivity index (χ4v) is 5.06. The molecule has 0 heterocycles. The molecule has 2 bridgehead atoms. The SMILES string of the molecule is O=C(Nc1ccc(Cl)cc1Cl)[C@@H]1[C@H](C(=O)Nc2ccc(Cl)cc2Cl)[C@@H]2C=C[C@H]1C2. The van der Waals surface area contributed by atoms with Crippen LogP contribution in [-0.4, -0.2) is 11.8 Å². The molecular weight excluding hydrogens is 454 g/mol. The summed E-state index contributed by atoms with van der Waals surface area (Å²) in [4.78, 5) is 26.1. The summed E-state index contributed by atoms with van der Waals surface area (Å²) in [6.07, 6.45) is 4.79. The first-order valence-corrected chi connectivity index (χ1v) is 10.5. The predicted octanol–water partition coefficient (Wildman–Crippen LogP) is 6.32. The number of rotatable bonds is 4. The van der Waals surface area contributed by atoms with Gasteiger partial charge in [-0.1, -0.05) is 58.6 Å². The number of hydrogen-bond donors (Lipinski definition) is 2. The standard InChI is InChI=1S/C21H16Cl4N2O2/c22-12-3-5-16(14(24)8-12)26-20(28)18-10-1-2-11(7-10)19(18)21(29)27-17-6-4-13(23)9-15(17)25/h1-6,8-11,18-19H,7H2,(H,26,28)(H,27,29)/t10-,11+,18-,19+. The van der Waals surface area contributed by atoms with Crippen molar-refractivity contribution >= 4 is 69.6 Å². The molecule has 2 aromatic carbocycles. The van der Waals surface area contributed by atoms with E-state index >= 15 is 0 Å². The van der Waals surface area contributed by atoms with Gasteiger partial charge in [-0.3, -0.25) is 9.59 Å². The average Bonchev–Trinajstić information content (AvgIpc) is 3.27. The molecule has 4 nitrogen and oxygen atoms in total. The first-order valence-electron chi connectivity index (χ1n) is 9.03. The molecule has 4 rings (SSSR count). The van der Waals surface area contributed by atoms with Gasteiger partial charge in [0.2, 0.25) is 11.8 Å². The summed E-state index contributed by atoms with van der Waals surface area (Å²) in [7, 11) is 0. The van der Waals surface area contributed by atoms with E-state index in [1.54, 1.807) is 36.4 Å². The van der Waals surface area contributed by atoms with Crippen LogP contribution in [0.2, 0.25) is 20.1 Å². The van der Waals surface area contributed by atoms with Gasteiger partial charge in [-0.25, -0.2) is 0 Å². The van der Waals surface area contributed by atoms with Crippen LogP contribution in [0.4, 0.5) is 11.4 Å². The van der Waals surface area contributed by atoms with Gasteiger partial charge in [0.05, 0.1) is 33.3 Å². The van der Waals surface area contributed by atoms with Crippen molar-refractivity contribution in [2.24, 2.45) is 23.7 Å². The maximum Gasteiger partial charge on any atom is 0.228 e. The van der Waals surface area contributed by atoms with E-state index < -0.39 is 11.8 Å². The van der Waals surface area contributed by atoms with Gasteiger partial charge in [-0.15, -0.1) is 0 Å². The molecule has 0 saturated heterocycles. The molecule has 0 aromatic heterocycles. The summed E-state index contributed by atoms with van der Waals surface area (Å²) in [5, 5.41) is 7.34. The van der Waals surface area contributed by atoms with E-state index in [2.05, 4.69) is 10.6 Å². The van der Waals surface area contributed by atoms with Crippen LogP contribution >= 0.6 is 46.4 Å². The van der Waals surface area contributed by atoms with Crippen molar-refractivity contribution in [3.05, 3.63) is 68.6 Å². The second kappa shape index (κ2) is 8.19. The normalized spacial score (nSPS) is 24.6. The lowest BCUT2D eigenvalue weighted by atomic mass is 9.81. The smallest absolute Gasteiger partial charge is 0.228 e. The molecule has 0 spiro atoms. The van der Waals surface area contributed by atoms with E-state index in [0.717, 1.165) is 6.42 Å². The Morgan fingerprint density at radius 1 is 0.724 bits per heavy atom. The number of anilines is 2. The van der Waals surface area contributed by atoms with Gasteiger partial charge in [0.1, 0.15) is 0 Å². The van der Waals surface area contributed by atoms with Crippen LogP contribution in [0.3, 0.4) is 0 Å². The number of allylic oxidation sites excluding steroid dienone is 2. The van der Waals surface area contributed by atoms with E-state index in [4.69, 9.17) is 46.4 Å². The molecule has 0 aliphatic heterocycles. The monoisotopic (exact) mass is 468 g/mol. The quantitative estimate of drug-likeness (QED) is 0.515. The fourth-order valence-electron chi connectivity index (χ4n) is 4.15. The zero-order valence-electron chi connectivity index (χ0n) is 15.0. The Kier molecular flexibility index (Phi) is 5.80. The summed E-state index contributed by atoms with van der Waals surface area (Å²) in [5.74, 6) is -1.47. The minimum atomic E-state index is -0.497. The Morgan fingerprint density at radius 3 is 1.52 bits per heavy atom. The Morgan fingerprint density at radius 2 is 1.14 bits per heavy atom. The van der Waals surface area contributed by atoms with Gasteiger partial charge in [0.15, 0.2) is 0 Å². The van der Waals surface area contributed by atoms with Gasteiger partial charge in [0.25, 0.3) is 0 Å². The second-order valence-corrected chi connectivity index (χ2v) is 8.91. The van der Waals surface area contributed by atoms with Crippen molar-refractivity contribution < 1.29 is 9.59 Å². The molecule has 2 amide bonds. The van der Waals surface area contributed by atoms with E-state index in [0.29, 0.717) is 31.5 Å². The van der Waals surface area contributed by atoms with Crippen LogP contribution < -0.4 is 10.6 Å². The zero-order valence-corrected chi connectivity index (χ0v) is 18.0. The highest BCUT2D eigenvalue weighted by atomic mass is 35.5. The fraction of sp³-hybridized carbons (Fsp3) is 0.238. The van der Waals surface area contributed by atoms with Crippen LogP contribution in [0.15, 0.2) is 48.6 Å². The molecule has 2 aromatic rings. The van der Waals surface area contributed by atoms with Gasteiger partial charge < -0.3 is 10.6 Å². The molecule has 29 heavy (non-hydrogen) atoms. The van der Waals surface area contributed by atoms with Gasteiger partial charge in [0, 0.05) is 10.0 Å². The second-order valence-electron chi connectivity index (χ2n) is 7.23. The number of benzene rings is 2. The molecule has 4 atom stereocenters. The molecule has 2 aliphatic rings. The predicted molar refractivity (Wildman–Crippen MR) is 118 cm³/mol. The zero-order chi connectivity index (χ0) is 20.7. The summed E-state index contributed by atoms with van der Waals surface area (Å²) in [6.45, 7) is 0. The number of carbonyl (C=O) groups is 2. The maximum atomic E-state index is 13.1. The molecule has 2 N–H and O–H groups in total. The van der Waals surface area contributed by atoms with Crippen molar-refractivity contribution in [2.75, 3.05) is 10.6 Å².